The lowest BCUT2D eigenvalue weighted by atomic mass is 10.1. The van der Waals surface area contributed by atoms with Gasteiger partial charge in [-0.05, 0) is 37.0 Å². The summed E-state index contributed by atoms with van der Waals surface area (Å²) in [5.41, 5.74) is 1.69. The van der Waals surface area contributed by atoms with Gasteiger partial charge in [-0.1, -0.05) is 30.7 Å². The van der Waals surface area contributed by atoms with Crippen molar-refractivity contribution in [2.45, 2.75) is 32.4 Å². The van der Waals surface area contributed by atoms with E-state index in [1.165, 1.54) is 18.5 Å². The molecule has 0 radical (unpaired) electrons. The van der Waals surface area contributed by atoms with Gasteiger partial charge >= 0.3 is 6.18 Å². The summed E-state index contributed by atoms with van der Waals surface area (Å²) >= 11 is 6.19. The van der Waals surface area contributed by atoms with E-state index in [1.54, 1.807) is 0 Å². The second kappa shape index (κ2) is 6.43. The largest absolute Gasteiger partial charge is 0.416 e. The monoisotopic (exact) mass is 314 g/mol. The molecular weight excluding hydrogens is 301 g/mol. The summed E-state index contributed by atoms with van der Waals surface area (Å²) in [7, 11) is 0. The topological polar surface area (TPSA) is 25.8 Å². The second-order valence-electron chi connectivity index (χ2n) is 4.63. The van der Waals surface area contributed by atoms with Crippen molar-refractivity contribution < 1.29 is 13.2 Å². The van der Waals surface area contributed by atoms with Crippen LogP contribution in [0.3, 0.4) is 0 Å². The molecule has 0 unspecified atom stereocenters. The average molecular weight is 315 g/mol. The zero-order valence-corrected chi connectivity index (χ0v) is 12.2. The zero-order valence-electron chi connectivity index (χ0n) is 11.4. The molecule has 0 aliphatic carbocycles. The molecule has 0 atom stereocenters. The van der Waals surface area contributed by atoms with Gasteiger partial charge in [-0.15, -0.1) is 0 Å². The Balaban J connectivity index is 2.07. The maximum absolute atomic E-state index is 12.5. The van der Waals surface area contributed by atoms with E-state index >= 15 is 0 Å². The molecule has 0 aliphatic heterocycles. The van der Waals surface area contributed by atoms with Gasteiger partial charge in [0.25, 0.3) is 0 Å². The first-order valence-electron chi connectivity index (χ1n) is 6.56. The molecule has 0 saturated carbocycles. The molecule has 0 aliphatic rings. The third-order valence-electron chi connectivity index (χ3n) is 3.20. The van der Waals surface area contributed by atoms with Crippen LogP contribution in [0.25, 0.3) is 0 Å². The van der Waals surface area contributed by atoms with E-state index in [-0.39, 0.29) is 0 Å². The first-order valence-corrected chi connectivity index (χ1v) is 6.94. The number of hydrogen-bond donors (Lipinski definition) is 0. The lowest BCUT2D eigenvalue weighted by Crippen LogP contribution is -2.05. The standard InChI is InChI=1S/C15H14ClF3N2/c1-2-12-14(16)13(21-9-20-12)8-5-10-3-6-11(7-4-10)15(17,18)19/h3-4,6-7,9H,2,5,8H2,1H3. The highest BCUT2D eigenvalue weighted by molar-refractivity contribution is 6.31. The fourth-order valence-corrected chi connectivity index (χ4v) is 2.32. The lowest BCUT2D eigenvalue weighted by molar-refractivity contribution is -0.137. The Morgan fingerprint density at radius 3 is 2.19 bits per heavy atom. The molecule has 2 aromatic rings. The molecule has 0 saturated heterocycles. The van der Waals surface area contributed by atoms with E-state index in [0.717, 1.165) is 29.1 Å². The molecule has 0 N–H and O–H groups in total. The van der Waals surface area contributed by atoms with Gasteiger partial charge in [-0.25, -0.2) is 9.97 Å². The van der Waals surface area contributed by atoms with Gasteiger partial charge in [-0.2, -0.15) is 13.2 Å². The molecule has 2 nitrogen and oxygen atoms in total. The van der Waals surface area contributed by atoms with Crippen molar-refractivity contribution in [2.75, 3.05) is 0 Å². The molecule has 0 bridgehead atoms. The minimum absolute atomic E-state index is 0.548. The van der Waals surface area contributed by atoms with E-state index in [4.69, 9.17) is 11.6 Å². The number of aryl methyl sites for hydroxylation is 3. The summed E-state index contributed by atoms with van der Waals surface area (Å²) in [6.07, 6.45) is -0.969. The van der Waals surface area contributed by atoms with Crippen LogP contribution in [0.4, 0.5) is 13.2 Å². The molecule has 6 heteroatoms. The van der Waals surface area contributed by atoms with E-state index < -0.39 is 11.7 Å². The molecule has 2 rings (SSSR count). The minimum atomic E-state index is -4.30. The van der Waals surface area contributed by atoms with Gasteiger partial charge in [0.1, 0.15) is 6.33 Å². The maximum Gasteiger partial charge on any atom is 0.416 e. The molecule has 0 fully saturated rings. The van der Waals surface area contributed by atoms with Crippen LogP contribution in [0.5, 0.6) is 0 Å². The van der Waals surface area contributed by atoms with Crippen molar-refractivity contribution in [3.8, 4) is 0 Å². The molecule has 21 heavy (non-hydrogen) atoms. The SMILES string of the molecule is CCc1ncnc(CCc2ccc(C(F)(F)F)cc2)c1Cl. The van der Waals surface area contributed by atoms with Crippen molar-refractivity contribution in [1.29, 1.82) is 0 Å². The van der Waals surface area contributed by atoms with E-state index in [1.807, 2.05) is 6.92 Å². The van der Waals surface area contributed by atoms with Gasteiger partial charge in [-0.3, -0.25) is 0 Å². The van der Waals surface area contributed by atoms with E-state index in [9.17, 15) is 13.2 Å². The van der Waals surface area contributed by atoms with Gasteiger partial charge < -0.3 is 0 Å². The Morgan fingerprint density at radius 2 is 1.62 bits per heavy atom. The molecule has 0 spiro atoms. The zero-order chi connectivity index (χ0) is 15.5. The number of alkyl halides is 3. The van der Waals surface area contributed by atoms with Crippen LogP contribution in [0.15, 0.2) is 30.6 Å². The summed E-state index contributed by atoms with van der Waals surface area (Å²) in [6, 6.07) is 5.15. The van der Waals surface area contributed by atoms with Gasteiger partial charge in [0.15, 0.2) is 0 Å². The fourth-order valence-electron chi connectivity index (χ4n) is 1.99. The van der Waals surface area contributed by atoms with Crippen LogP contribution in [0.2, 0.25) is 5.02 Å². The summed E-state index contributed by atoms with van der Waals surface area (Å²) in [5, 5.41) is 0.548. The smallest absolute Gasteiger partial charge is 0.240 e. The van der Waals surface area contributed by atoms with Gasteiger partial charge in [0.05, 0.1) is 22.0 Å². The van der Waals surface area contributed by atoms with Gasteiger partial charge in [0.2, 0.25) is 0 Å². The predicted molar refractivity (Wildman–Crippen MR) is 75.3 cm³/mol. The number of nitrogens with zero attached hydrogens (tertiary/aromatic N) is 2. The highest BCUT2D eigenvalue weighted by Gasteiger charge is 2.29. The van der Waals surface area contributed by atoms with Crippen LogP contribution in [0, 0.1) is 0 Å². The number of hydrogen-bond acceptors (Lipinski definition) is 2. The van der Waals surface area contributed by atoms with Crippen LogP contribution in [-0.2, 0) is 25.4 Å². The fraction of sp³-hybridized carbons (Fsp3) is 0.333. The summed E-state index contributed by atoms with van der Waals surface area (Å²) < 4.78 is 37.4. The Labute approximate surface area is 126 Å². The second-order valence-corrected chi connectivity index (χ2v) is 5.01. The molecule has 1 aromatic heterocycles. The molecule has 112 valence electrons. The summed E-state index contributed by atoms with van der Waals surface area (Å²) in [4.78, 5) is 8.22. The number of benzene rings is 1. The number of rotatable bonds is 4. The van der Waals surface area contributed by atoms with E-state index in [0.29, 0.717) is 24.3 Å². The van der Waals surface area contributed by atoms with Crippen LogP contribution < -0.4 is 0 Å². The maximum atomic E-state index is 12.5. The normalized spacial score (nSPS) is 11.7. The third kappa shape index (κ3) is 3.94. The summed E-state index contributed by atoms with van der Waals surface area (Å²) in [6.45, 7) is 1.95. The molecule has 1 aromatic carbocycles. The number of halogens is 4. The molecule has 0 amide bonds. The lowest BCUT2D eigenvalue weighted by Gasteiger charge is -2.08. The summed E-state index contributed by atoms with van der Waals surface area (Å²) in [5.74, 6) is 0. The highest BCUT2D eigenvalue weighted by atomic mass is 35.5. The Kier molecular flexibility index (Phi) is 4.83. The average Bonchev–Trinajstić information content (AvgIpc) is 2.46. The van der Waals surface area contributed by atoms with Gasteiger partial charge in [0, 0.05) is 0 Å². The third-order valence-corrected chi connectivity index (χ3v) is 3.64. The van der Waals surface area contributed by atoms with Crippen molar-refractivity contribution in [1.82, 2.24) is 9.97 Å². The Hall–Kier alpha value is -1.62. The Bertz CT molecular complexity index is 609. The van der Waals surface area contributed by atoms with Crippen molar-refractivity contribution in [3.63, 3.8) is 0 Å². The predicted octanol–water partition coefficient (Wildman–Crippen LogP) is 4.50. The molecular formula is C15H14ClF3N2. The van der Waals surface area contributed by atoms with Crippen LogP contribution in [0.1, 0.15) is 29.4 Å². The van der Waals surface area contributed by atoms with Crippen LogP contribution >= 0.6 is 11.6 Å². The van der Waals surface area contributed by atoms with Crippen molar-refractivity contribution >= 4 is 11.6 Å². The first-order chi connectivity index (χ1) is 9.91. The molecule has 1 heterocycles. The Morgan fingerprint density at radius 1 is 1.00 bits per heavy atom. The first kappa shape index (κ1) is 15.8. The van der Waals surface area contributed by atoms with Crippen molar-refractivity contribution in [2.24, 2.45) is 0 Å². The number of aromatic nitrogens is 2. The quantitative estimate of drug-likeness (QED) is 0.830. The minimum Gasteiger partial charge on any atom is -0.240 e. The van der Waals surface area contributed by atoms with Crippen LogP contribution in [-0.4, -0.2) is 9.97 Å². The highest BCUT2D eigenvalue weighted by Crippen LogP contribution is 2.29. The van der Waals surface area contributed by atoms with E-state index in [2.05, 4.69) is 9.97 Å². The van der Waals surface area contributed by atoms with Crippen molar-refractivity contribution in [3.05, 3.63) is 58.1 Å².